The molecule has 0 fully saturated rings. The highest BCUT2D eigenvalue weighted by atomic mass is 19.1. The van der Waals surface area contributed by atoms with E-state index in [2.05, 4.69) is 20.8 Å². The number of rotatable bonds is 6. The van der Waals surface area contributed by atoms with E-state index in [-0.39, 0.29) is 30.1 Å². The molecule has 2 aromatic heterocycles. The van der Waals surface area contributed by atoms with Crippen LogP contribution in [-0.4, -0.2) is 26.5 Å². The van der Waals surface area contributed by atoms with Gasteiger partial charge in [-0.3, -0.25) is 9.59 Å². The van der Waals surface area contributed by atoms with Gasteiger partial charge in [-0.25, -0.2) is 4.39 Å². The molecule has 31 heavy (non-hydrogen) atoms. The highest BCUT2D eigenvalue weighted by Gasteiger charge is 2.15. The van der Waals surface area contributed by atoms with Crippen LogP contribution in [0.25, 0.3) is 23.0 Å². The first-order valence-electron chi connectivity index (χ1n) is 9.40. The number of hydrogen-bond donors (Lipinski definition) is 2. The number of carbonyl (C=O) groups excluding carboxylic acids is 2. The first-order chi connectivity index (χ1) is 15.0. The van der Waals surface area contributed by atoms with E-state index in [4.69, 9.17) is 4.52 Å². The summed E-state index contributed by atoms with van der Waals surface area (Å²) in [5.74, 6) is -0.191. The normalized spacial score (nSPS) is 10.6. The van der Waals surface area contributed by atoms with Gasteiger partial charge in [0.15, 0.2) is 0 Å². The minimum absolute atomic E-state index is 0.0318. The Kier molecular flexibility index (Phi) is 5.57. The van der Waals surface area contributed by atoms with Crippen LogP contribution in [0.2, 0.25) is 0 Å². The van der Waals surface area contributed by atoms with Crippen LogP contribution in [0.1, 0.15) is 6.92 Å². The molecule has 0 spiro atoms. The lowest BCUT2D eigenvalue weighted by atomic mass is 10.2. The number of nitrogens with one attached hydrogen (secondary N) is 2. The summed E-state index contributed by atoms with van der Waals surface area (Å²) in [7, 11) is 0. The fourth-order valence-electron chi connectivity index (χ4n) is 2.99. The lowest BCUT2D eigenvalue weighted by molar-refractivity contribution is -0.117. The van der Waals surface area contributed by atoms with Crippen LogP contribution >= 0.6 is 0 Å². The molecule has 0 saturated carbocycles. The summed E-state index contributed by atoms with van der Waals surface area (Å²) in [5.41, 5.74) is 2.45. The Hall–Kier alpha value is -4.27. The summed E-state index contributed by atoms with van der Waals surface area (Å²) in [6.07, 6.45) is 1.73. The van der Waals surface area contributed by atoms with Crippen molar-refractivity contribution in [1.82, 2.24) is 14.7 Å². The Morgan fingerprint density at radius 3 is 2.35 bits per heavy atom. The molecule has 2 heterocycles. The average Bonchev–Trinajstić information content (AvgIpc) is 3.39. The van der Waals surface area contributed by atoms with E-state index in [1.54, 1.807) is 59.3 Å². The van der Waals surface area contributed by atoms with Gasteiger partial charge in [0.1, 0.15) is 18.1 Å². The molecule has 4 rings (SSSR count). The van der Waals surface area contributed by atoms with Gasteiger partial charge in [-0.2, -0.15) is 4.98 Å². The fourth-order valence-corrected chi connectivity index (χ4v) is 2.99. The summed E-state index contributed by atoms with van der Waals surface area (Å²) >= 11 is 0. The first kappa shape index (κ1) is 20.0. The smallest absolute Gasteiger partial charge is 0.274 e. The quantitative estimate of drug-likeness (QED) is 0.493. The van der Waals surface area contributed by atoms with E-state index < -0.39 is 0 Å². The topological polar surface area (TPSA) is 102 Å². The second kappa shape index (κ2) is 8.62. The monoisotopic (exact) mass is 419 g/mol. The summed E-state index contributed by atoms with van der Waals surface area (Å²) < 4.78 is 20.1. The second-order valence-electron chi connectivity index (χ2n) is 6.76. The number of amides is 2. The van der Waals surface area contributed by atoms with Crippen molar-refractivity contribution in [3.63, 3.8) is 0 Å². The molecule has 0 bridgehead atoms. The number of benzene rings is 2. The van der Waals surface area contributed by atoms with Gasteiger partial charge < -0.3 is 19.7 Å². The van der Waals surface area contributed by atoms with Gasteiger partial charge >= 0.3 is 0 Å². The van der Waals surface area contributed by atoms with Gasteiger partial charge in [0, 0.05) is 30.1 Å². The molecule has 0 aliphatic rings. The maximum atomic E-state index is 13.1. The van der Waals surface area contributed by atoms with Crippen molar-refractivity contribution in [2.45, 2.75) is 13.5 Å². The molecule has 0 atom stereocenters. The number of hydrogen-bond acceptors (Lipinski definition) is 5. The van der Waals surface area contributed by atoms with Crippen molar-refractivity contribution in [3.8, 4) is 23.0 Å². The van der Waals surface area contributed by atoms with Crippen LogP contribution in [0.15, 0.2) is 71.4 Å². The zero-order valence-electron chi connectivity index (χ0n) is 16.5. The van der Waals surface area contributed by atoms with Crippen molar-refractivity contribution in [2.24, 2.45) is 0 Å². The molecule has 4 aromatic rings. The molecule has 2 N–H and O–H groups in total. The zero-order chi connectivity index (χ0) is 21.8. The van der Waals surface area contributed by atoms with Crippen molar-refractivity contribution in [3.05, 3.63) is 72.7 Å². The third-order valence-corrected chi connectivity index (χ3v) is 4.38. The van der Waals surface area contributed by atoms with E-state index >= 15 is 0 Å². The van der Waals surface area contributed by atoms with Crippen LogP contribution in [0.4, 0.5) is 15.8 Å². The Balaban J connectivity index is 1.44. The SMILES string of the molecule is CC(=O)Nc1ccc(NC(=O)Cn2cccc2-c2nc(-c3ccc(F)cc3)no2)cc1. The molecule has 0 unspecified atom stereocenters. The van der Waals surface area contributed by atoms with Crippen molar-refractivity contribution in [1.29, 1.82) is 0 Å². The number of halogens is 1. The lowest BCUT2D eigenvalue weighted by Crippen LogP contribution is -2.18. The summed E-state index contributed by atoms with van der Waals surface area (Å²) in [6, 6.07) is 16.1. The Bertz CT molecular complexity index is 1210. The van der Waals surface area contributed by atoms with E-state index in [9.17, 15) is 14.0 Å². The standard InChI is InChI=1S/C22H18FN5O3/c1-14(29)24-17-8-10-18(11-9-17)25-20(30)13-28-12-2-3-19(28)22-26-21(27-31-22)15-4-6-16(23)7-5-15/h2-12H,13H2,1H3,(H,24,29)(H,25,30). The molecule has 0 radical (unpaired) electrons. The highest BCUT2D eigenvalue weighted by molar-refractivity contribution is 5.92. The molecule has 8 nitrogen and oxygen atoms in total. The molecule has 2 aromatic carbocycles. The Morgan fingerprint density at radius 1 is 1.00 bits per heavy atom. The molecule has 0 saturated heterocycles. The third kappa shape index (κ3) is 4.84. The number of carbonyl (C=O) groups is 2. The van der Waals surface area contributed by atoms with Crippen molar-refractivity contribution in [2.75, 3.05) is 10.6 Å². The maximum Gasteiger partial charge on any atom is 0.274 e. The van der Waals surface area contributed by atoms with Gasteiger partial charge in [0.25, 0.3) is 5.89 Å². The number of anilines is 2. The summed E-state index contributed by atoms with van der Waals surface area (Å²) in [5, 5.41) is 9.40. The molecule has 2 amide bonds. The molecule has 156 valence electrons. The van der Waals surface area contributed by atoms with Crippen molar-refractivity contribution < 1.29 is 18.5 Å². The summed E-state index contributed by atoms with van der Waals surface area (Å²) in [4.78, 5) is 27.9. The van der Waals surface area contributed by atoms with Crippen LogP contribution < -0.4 is 10.6 Å². The molecule has 9 heteroatoms. The van der Waals surface area contributed by atoms with Gasteiger partial charge in [0.05, 0.1) is 0 Å². The molecule has 0 aliphatic heterocycles. The maximum absolute atomic E-state index is 13.1. The third-order valence-electron chi connectivity index (χ3n) is 4.38. The zero-order valence-corrected chi connectivity index (χ0v) is 16.5. The summed E-state index contributed by atoms with van der Waals surface area (Å²) in [6.45, 7) is 1.46. The molecule has 0 aliphatic carbocycles. The highest BCUT2D eigenvalue weighted by Crippen LogP contribution is 2.23. The van der Waals surface area contributed by atoms with Crippen LogP contribution in [0, 0.1) is 5.82 Å². The Labute approximate surface area is 176 Å². The average molecular weight is 419 g/mol. The van der Waals surface area contributed by atoms with Gasteiger partial charge in [-0.05, 0) is 60.7 Å². The van der Waals surface area contributed by atoms with E-state index in [1.807, 2.05) is 0 Å². The fraction of sp³-hybridized carbons (Fsp3) is 0.0909. The van der Waals surface area contributed by atoms with Gasteiger partial charge in [-0.15, -0.1) is 0 Å². The largest absolute Gasteiger partial charge is 0.334 e. The van der Waals surface area contributed by atoms with Crippen LogP contribution in [0.5, 0.6) is 0 Å². The van der Waals surface area contributed by atoms with Gasteiger partial charge in [-0.1, -0.05) is 5.16 Å². The predicted octanol–water partition coefficient (Wildman–Crippen LogP) is 3.94. The van der Waals surface area contributed by atoms with E-state index in [0.29, 0.717) is 28.5 Å². The van der Waals surface area contributed by atoms with Crippen LogP contribution in [0.3, 0.4) is 0 Å². The Morgan fingerprint density at radius 2 is 1.68 bits per heavy atom. The minimum Gasteiger partial charge on any atom is -0.334 e. The van der Waals surface area contributed by atoms with E-state index in [1.165, 1.54) is 19.1 Å². The van der Waals surface area contributed by atoms with Gasteiger partial charge in [0.2, 0.25) is 17.6 Å². The predicted molar refractivity (Wildman–Crippen MR) is 112 cm³/mol. The number of nitrogens with zero attached hydrogens (tertiary/aromatic N) is 3. The van der Waals surface area contributed by atoms with Crippen molar-refractivity contribution >= 4 is 23.2 Å². The second-order valence-corrected chi connectivity index (χ2v) is 6.76. The minimum atomic E-state index is -0.350. The first-order valence-corrected chi connectivity index (χ1v) is 9.40. The molecular formula is C22H18FN5O3. The van der Waals surface area contributed by atoms with E-state index in [0.717, 1.165) is 0 Å². The lowest BCUT2D eigenvalue weighted by Gasteiger charge is -2.09. The number of aromatic nitrogens is 3. The van der Waals surface area contributed by atoms with Crippen LogP contribution in [-0.2, 0) is 16.1 Å². The molecular weight excluding hydrogens is 401 g/mol.